The summed E-state index contributed by atoms with van der Waals surface area (Å²) < 4.78 is 19.1. The molecular weight excluding hydrogens is 265 g/mol. The predicted molar refractivity (Wildman–Crippen MR) is 71.6 cm³/mol. The van der Waals surface area contributed by atoms with Crippen LogP contribution in [0.1, 0.15) is 24.0 Å². The molecule has 1 aliphatic rings. The van der Waals surface area contributed by atoms with Gasteiger partial charge in [0.2, 0.25) is 0 Å². The third-order valence-corrected chi connectivity index (χ3v) is 3.73. The fourth-order valence-corrected chi connectivity index (χ4v) is 2.81. The summed E-state index contributed by atoms with van der Waals surface area (Å²) in [5.41, 5.74) is 1.39. The molecule has 0 aliphatic carbocycles. The van der Waals surface area contributed by atoms with E-state index in [-0.39, 0.29) is 5.82 Å². The van der Waals surface area contributed by atoms with E-state index in [4.69, 9.17) is 16.3 Å². The summed E-state index contributed by atoms with van der Waals surface area (Å²) in [7, 11) is 0. The maximum Gasteiger partial charge on any atom is 0.129 e. The van der Waals surface area contributed by atoms with Crippen LogP contribution in [0.2, 0.25) is 5.15 Å². The third-order valence-electron chi connectivity index (χ3n) is 3.53. The van der Waals surface area contributed by atoms with Gasteiger partial charge in [-0.3, -0.25) is 0 Å². The molecule has 0 amide bonds. The maximum absolute atomic E-state index is 13.1. The molecule has 1 aromatic carbocycles. The van der Waals surface area contributed by atoms with Gasteiger partial charge in [0, 0.05) is 12.8 Å². The van der Waals surface area contributed by atoms with Crippen molar-refractivity contribution < 1.29 is 9.13 Å². The first-order valence-corrected chi connectivity index (χ1v) is 6.60. The van der Waals surface area contributed by atoms with Crippen LogP contribution >= 0.6 is 11.6 Å². The summed E-state index contributed by atoms with van der Waals surface area (Å²) in [5.74, 6) is -0.246. The van der Waals surface area contributed by atoms with Crippen LogP contribution in [-0.4, -0.2) is 11.6 Å². The van der Waals surface area contributed by atoms with E-state index in [1.807, 2.05) is 12.1 Å². The van der Waals surface area contributed by atoms with E-state index in [0.29, 0.717) is 11.8 Å². The van der Waals surface area contributed by atoms with E-state index in [0.717, 1.165) is 24.0 Å². The van der Waals surface area contributed by atoms with E-state index in [1.54, 1.807) is 18.3 Å². The molecule has 1 saturated heterocycles. The molecule has 0 spiro atoms. The monoisotopic (exact) mass is 277 g/mol. The molecular formula is C15H13ClFNO. The highest BCUT2D eigenvalue weighted by Crippen LogP contribution is 2.42. The highest BCUT2D eigenvalue weighted by Gasteiger charge is 2.39. The van der Waals surface area contributed by atoms with E-state index in [9.17, 15) is 4.39 Å². The molecule has 4 heteroatoms. The summed E-state index contributed by atoms with van der Waals surface area (Å²) in [6.45, 7) is 0.692. The molecule has 1 unspecified atom stereocenters. The number of benzene rings is 1. The Morgan fingerprint density at radius 1 is 1.16 bits per heavy atom. The minimum Gasteiger partial charge on any atom is -0.366 e. The van der Waals surface area contributed by atoms with Gasteiger partial charge in [-0.25, -0.2) is 9.37 Å². The Labute approximate surface area is 116 Å². The molecule has 2 aromatic rings. The fraction of sp³-hybridized carbons (Fsp3) is 0.267. The molecule has 0 radical (unpaired) electrons. The van der Waals surface area contributed by atoms with E-state index < -0.39 is 5.60 Å². The van der Waals surface area contributed by atoms with Gasteiger partial charge in [0.15, 0.2) is 0 Å². The molecule has 0 N–H and O–H groups in total. The molecule has 1 fully saturated rings. The Morgan fingerprint density at radius 3 is 2.58 bits per heavy atom. The van der Waals surface area contributed by atoms with Crippen molar-refractivity contribution in [3.63, 3.8) is 0 Å². The van der Waals surface area contributed by atoms with Crippen molar-refractivity contribution in [3.8, 4) is 0 Å². The van der Waals surface area contributed by atoms with Gasteiger partial charge in [-0.15, -0.1) is 0 Å². The van der Waals surface area contributed by atoms with Crippen molar-refractivity contribution in [2.75, 3.05) is 6.61 Å². The van der Waals surface area contributed by atoms with Crippen molar-refractivity contribution in [1.82, 2.24) is 4.98 Å². The smallest absolute Gasteiger partial charge is 0.129 e. The zero-order chi connectivity index (χ0) is 13.3. The van der Waals surface area contributed by atoms with E-state index in [1.165, 1.54) is 12.1 Å². The number of halogens is 2. The number of hydrogen-bond acceptors (Lipinski definition) is 2. The average Bonchev–Trinajstić information content (AvgIpc) is 2.90. The quantitative estimate of drug-likeness (QED) is 0.776. The lowest BCUT2D eigenvalue weighted by molar-refractivity contribution is 0.0359. The highest BCUT2D eigenvalue weighted by atomic mass is 35.5. The fourth-order valence-electron chi connectivity index (χ4n) is 2.63. The number of nitrogens with zero attached hydrogens (tertiary/aromatic N) is 1. The SMILES string of the molecule is Fc1ccc(C2(c3ccnc(Cl)c3)CCCO2)cc1. The second-order valence-corrected chi connectivity index (χ2v) is 5.04. The van der Waals surface area contributed by atoms with Crippen LogP contribution in [0.4, 0.5) is 4.39 Å². The van der Waals surface area contributed by atoms with Gasteiger partial charge in [-0.05, 0) is 48.2 Å². The van der Waals surface area contributed by atoms with E-state index in [2.05, 4.69) is 4.98 Å². The zero-order valence-electron chi connectivity index (χ0n) is 10.3. The summed E-state index contributed by atoms with van der Waals surface area (Å²) in [6.07, 6.45) is 3.50. The second kappa shape index (κ2) is 4.91. The molecule has 1 aromatic heterocycles. The lowest BCUT2D eigenvalue weighted by Crippen LogP contribution is -2.26. The molecule has 2 heterocycles. The lowest BCUT2D eigenvalue weighted by atomic mass is 9.84. The number of pyridine rings is 1. The van der Waals surface area contributed by atoms with Crippen molar-refractivity contribution in [2.24, 2.45) is 0 Å². The number of hydrogen-bond donors (Lipinski definition) is 0. The molecule has 3 rings (SSSR count). The molecule has 1 atom stereocenters. The number of ether oxygens (including phenoxy) is 1. The average molecular weight is 278 g/mol. The second-order valence-electron chi connectivity index (χ2n) is 4.65. The Kier molecular flexibility index (Phi) is 3.25. The van der Waals surface area contributed by atoms with Crippen molar-refractivity contribution >= 4 is 11.6 Å². The number of aromatic nitrogens is 1. The first-order valence-electron chi connectivity index (χ1n) is 6.23. The van der Waals surface area contributed by atoms with Gasteiger partial charge in [0.05, 0.1) is 0 Å². The maximum atomic E-state index is 13.1. The summed E-state index contributed by atoms with van der Waals surface area (Å²) in [6, 6.07) is 10.2. The first-order chi connectivity index (χ1) is 9.21. The van der Waals surface area contributed by atoms with E-state index >= 15 is 0 Å². The van der Waals surface area contributed by atoms with Gasteiger partial charge in [-0.1, -0.05) is 23.7 Å². The predicted octanol–water partition coefficient (Wildman–Crippen LogP) is 3.93. The van der Waals surface area contributed by atoms with Crippen molar-refractivity contribution in [3.05, 3.63) is 64.7 Å². The Bertz CT molecular complexity index is 579. The van der Waals surface area contributed by atoms with Crippen LogP contribution in [0, 0.1) is 5.82 Å². The van der Waals surface area contributed by atoms with Gasteiger partial charge in [0.1, 0.15) is 16.6 Å². The number of rotatable bonds is 2. The lowest BCUT2D eigenvalue weighted by Gasteiger charge is -2.29. The minimum absolute atomic E-state index is 0.246. The van der Waals surface area contributed by atoms with Crippen LogP contribution in [-0.2, 0) is 10.3 Å². The van der Waals surface area contributed by atoms with Crippen LogP contribution < -0.4 is 0 Å². The summed E-state index contributed by atoms with van der Waals surface area (Å²) >= 11 is 5.97. The van der Waals surface area contributed by atoms with Crippen LogP contribution in [0.5, 0.6) is 0 Å². The highest BCUT2D eigenvalue weighted by molar-refractivity contribution is 6.29. The topological polar surface area (TPSA) is 22.1 Å². The molecule has 0 saturated carbocycles. The summed E-state index contributed by atoms with van der Waals surface area (Å²) in [5, 5.41) is 0.439. The van der Waals surface area contributed by atoms with Crippen LogP contribution in [0.25, 0.3) is 0 Å². The van der Waals surface area contributed by atoms with Gasteiger partial charge in [0.25, 0.3) is 0 Å². The molecule has 19 heavy (non-hydrogen) atoms. The molecule has 2 nitrogen and oxygen atoms in total. The van der Waals surface area contributed by atoms with Gasteiger partial charge in [-0.2, -0.15) is 0 Å². The van der Waals surface area contributed by atoms with Gasteiger partial charge < -0.3 is 4.74 Å². The Balaban J connectivity index is 2.11. The summed E-state index contributed by atoms with van der Waals surface area (Å²) in [4.78, 5) is 4.00. The Hall–Kier alpha value is -1.45. The van der Waals surface area contributed by atoms with Gasteiger partial charge >= 0.3 is 0 Å². The van der Waals surface area contributed by atoms with Crippen molar-refractivity contribution in [2.45, 2.75) is 18.4 Å². The zero-order valence-corrected chi connectivity index (χ0v) is 11.0. The molecule has 1 aliphatic heterocycles. The minimum atomic E-state index is -0.527. The van der Waals surface area contributed by atoms with Crippen LogP contribution in [0.3, 0.4) is 0 Å². The largest absolute Gasteiger partial charge is 0.366 e. The Morgan fingerprint density at radius 2 is 1.95 bits per heavy atom. The van der Waals surface area contributed by atoms with Crippen molar-refractivity contribution in [1.29, 1.82) is 0 Å². The van der Waals surface area contributed by atoms with Crippen LogP contribution in [0.15, 0.2) is 42.6 Å². The molecule has 98 valence electrons. The first kappa shape index (κ1) is 12.6. The third kappa shape index (κ3) is 2.24. The standard InChI is InChI=1S/C15H13ClFNO/c16-14-10-12(6-8-18-14)15(7-1-9-19-15)11-2-4-13(17)5-3-11/h2-6,8,10H,1,7,9H2. The molecule has 0 bridgehead atoms. The normalized spacial score (nSPS) is 22.6.